The number of fused-ring (bicyclic) bond motifs is 3. The molecule has 4 rings (SSSR count). The van der Waals surface area contributed by atoms with Crippen LogP contribution in [0, 0.1) is 34.1 Å². The largest absolute Gasteiger partial charge is 4.00 e. The van der Waals surface area contributed by atoms with Gasteiger partial charge in [-0.05, 0) is 49.6 Å². The van der Waals surface area contributed by atoms with E-state index in [4.69, 9.17) is 4.98 Å². The molecule has 0 saturated heterocycles. The average molecular weight is 516 g/mol. The summed E-state index contributed by atoms with van der Waals surface area (Å²) in [4.78, 5) is 7.25. The van der Waals surface area contributed by atoms with E-state index in [1.165, 1.54) is 10.5 Å². The van der Waals surface area contributed by atoms with Crippen molar-refractivity contribution in [3.05, 3.63) is 86.9 Å². The minimum Gasteiger partial charge on any atom is -0.656 e. The van der Waals surface area contributed by atoms with Crippen LogP contribution in [-0.4, -0.2) is 19.0 Å². The van der Waals surface area contributed by atoms with E-state index in [1.807, 2.05) is 0 Å². The van der Waals surface area contributed by atoms with Gasteiger partial charge in [0, 0.05) is 10.1 Å². The third kappa shape index (κ3) is 5.75. The van der Waals surface area contributed by atoms with Gasteiger partial charge in [-0.2, -0.15) is 0 Å². The van der Waals surface area contributed by atoms with E-state index >= 15 is 0 Å². The van der Waals surface area contributed by atoms with E-state index in [1.54, 1.807) is 10.8 Å². The van der Waals surface area contributed by atoms with E-state index in [-0.39, 0.29) is 49.5 Å². The van der Waals surface area contributed by atoms with E-state index in [0.29, 0.717) is 28.5 Å². The van der Waals surface area contributed by atoms with E-state index in [9.17, 15) is 0 Å². The molecule has 2 aliphatic rings. The third-order valence-corrected chi connectivity index (χ3v) is 14.0. The van der Waals surface area contributed by atoms with Gasteiger partial charge in [0.05, 0.1) is 0 Å². The maximum Gasteiger partial charge on any atom is 4.00 e. The molecule has 6 unspecified atom stereocenters. The monoisotopic (exact) mass is 515 g/mol. The van der Waals surface area contributed by atoms with E-state index < -0.39 is 8.24 Å². The second-order valence-corrected chi connectivity index (χ2v) is 15.3. The van der Waals surface area contributed by atoms with Crippen molar-refractivity contribution >= 4 is 25.2 Å². The zero-order valence-corrected chi connectivity index (χ0v) is 25.9. The normalized spacial score (nSPS) is 26.9. The number of benzene rings is 2. The molecule has 1 nitrogen and oxygen atoms in total. The Bertz CT molecular complexity index is 895. The third-order valence-electron chi connectivity index (χ3n) is 7.37. The Labute approximate surface area is 226 Å². The molecule has 1 fully saturated rings. The van der Waals surface area contributed by atoms with Crippen LogP contribution in [0.25, 0.3) is 4.98 Å². The van der Waals surface area contributed by atoms with E-state index in [2.05, 4.69) is 108 Å². The number of aryl methyl sites for hydroxylation is 1. The molecule has 6 atom stereocenters. The summed E-state index contributed by atoms with van der Waals surface area (Å²) in [6, 6.07) is 18.4. The van der Waals surface area contributed by atoms with Gasteiger partial charge in [-0.25, -0.2) is 0 Å². The van der Waals surface area contributed by atoms with Gasteiger partial charge in [-0.3, -0.25) is 0 Å². The predicted octanol–water partition coefficient (Wildman–Crippen LogP) is 8.47. The molecule has 0 aromatic heterocycles. The molecule has 1 aliphatic carbocycles. The van der Waals surface area contributed by atoms with Gasteiger partial charge in [0.15, 0.2) is 0 Å². The average Bonchev–Trinajstić information content (AvgIpc) is 3.15. The van der Waals surface area contributed by atoms with Gasteiger partial charge in [0.1, 0.15) is 0 Å². The summed E-state index contributed by atoms with van der Waals surface area (Å²) in [5, 5.41) is 2.24. The Morgan fingerprint density at radius 3 is 2.09 bits per heavy atom. The molecular formula is C29H45NSSiTi. The predicted molar refractivity (Wildman–Crippen MR) is 150 cm³/mol. The van der Waals surface area contributed by atoms with Crippen LogP contribution >= 0.6 is 11.8 Å². The Morgan fingerprint density at radius 2 is 1.48 bits per heavy atom. The second-order valence-electron chi connectivity index (χ2n) is 10.3. The molecule has 1 saturated carbocycles. The van der Waals surface area contributed by atoms with Crippen molar-refractivity contribution in [2.75, 3.05) is 0 Å². The molecule has 0 spiro atoms. The summed E-state index contributed by atoms with van der Waals surface area (Å²) in [7, 11) is -2.12. The first-order chi connectivity index (χ1) is 13.7. The molecule has 0 amide bonds. The maximum atomic E-state index is 5.74. The van der Waals surface area contributed by atoms with Crippen LogP contribution in [0.1, 0.15) is 58.6 Å². The van der Waals surface area contributed by atoms with Crippen LogP contribution in [0.2, 0.25) is 12.1 Å². The molecule has 4 heteroatoms. The van der Waals surface area contributed by atoms with Gasteiger partial charge < -0.3 is 27.3 Å². The maximum absolute atomic E-state index is 5.74. The van der Waals surface area contributed by atoms with Crippen molar-refractivity contribution in [2.24, 2.45) is 11.8 Å². The molecular weight excluding hydrogens is 470 g/mol. The smallest absolute Gasteiger partial charge is 0.656 e. The fourth-order valence-corrected chi connectivity index (χ4v) is 14.5. The Hall–Kier alpha value is -0.319. The minimum absolute atomic E-state index is 0. The van der Waals surface area contributed by atoms with Gasteiger partial charge >= 0.3 is 21.7 Å². The molecule has 1 heterocycles. The topological polar surface area (TPSA) is 14.1 Å². The standard InChI is InChI=1S/C26H36NSSi.3CH3.Ti/c1-8-19-13-9-12-16-22(19)29(7,27-26(4,5)6)25-18(3)17(2)23-20-14-10-11-15-21(20)28-24(23)25;;;;/h9-18,23-25H,8H2,1-7H3;3*1H3;/q4*-1;+4. The first-order valence-electron chi connectivity index (χ1n) is 11.3. The second kappa shape index (κ2) is 12.1. The summed E-state index contributed by atoms with van der Waals surface area (Å²) >= 11 is 2.16. The first kappa shape index (κ1) is 32.7. The Morgan fingerprint density at radius 1 is 0.909 bits per heavy atom. The summed E-state index contributed by atoms with van der Waals surface area (Å²) in [5.41, 5.74) is 3.75. The zero-order valence-electron chi connectivity index (χ0n) is 22.6. The van der Waals surface area contributed by atoms with Crippen LogP contribution in [0.5, 0.6) is 0 Å². The summed E-state index contributed by atoms with van der Waals surface area (Å²) in [5.74, 6) is 2.07. The molecule has 1 aliphatic heterocycles. The number of hydrogen-bond acceptors (Lipinski definition) is 1. The van der Waals surface area contributed by atoms with Crippen LogP contribution in [-0.2, 0) is 28.1 Å². The number of rotatable bonds is 4. The Kier molecular flexibility index (Phi) is 12.0. The van der Waals surface area contributed by atoms with Crippen molar-refractivity contribution in [1.29, 1.82) is 0 Å². The van der Waals surface area contributed by atoms with Crippen LogP contribution in [0.15, 0.2) is 53.4 Å². The van der Waals surface area contributed by atoms with Gasteiger partial charge in [-0.15, -0.1) is 17.3 Å². The molecule has 33 heavy (non-hydrogen) atoms. The number of thioether (sulfide) groups is 1. The Balaban J connectivity index is 0.00000256. The van der Waals surface area contributed by atoms with Crippen molar-refractivity contribution in [3.8, 4) is 0 Å². The number of nitrogens with zero attached hydrogens (tertiary/aromatic N) is 1. The molecule has 0 radical (unpaired) electrons. The summed E-state index contributed by atoms with van der Waals surface area (Å²) < 4.78 is 0. The molecule has 2 aromatic rings. The van der Waals surface area contributed by atoms with Crippen molar-refractivity contribution in [1.82, 2.24) is 0 Å². The first-order valence-corrected chi connectivity index (χ1v) is 14.7. The van der Waals surface area contributed by atoms with Crippen LogP contribution < -0.4 is 5.19 Å². The van der Waals surface area contributed by atoms with E-state index in [0.717, 1.165) is 6.42 Å². The summed E-state index contributed by atoms with van der Waals surface area (Å²) in [6.07, 6.45) is 1.09. The summed E-state index contributed by atoms with van der Waals surface area (Å²) in [6.45, 7) is 16.8. The minimum atomic E-state index is -2.12. The fraction of sp³-hybridized carbons (Fsp3) is 0.483. The SMILES string of the molecule is CCc1ccccc1[Si](C)([N-]C(C)(C)C)C1C(C)C(C)C2c3ccccc3SC21.[CH3-].[CH3-].[CH3-].[Ti+4]. The molecule has 180 valence electrons. The van der Waals surface area contributed by atoms with Gasteiger partial charge in [0.25, 0.3) is 0 Å². The van der Waals surface area contributed by atoms with Crippen molar-refractivity contribution in [2.45, 2.75) is 81.7 Å². The molecule has 2 aromatic carbocycles. The quantitative estimate of drug-likeness (QED) is 0.294. The zero-order chi connectivity index (χ0) is 21.0. The van der Waals surface area contributed by atoms with Gasteiger partial charge in [-0.1, -0.05) is 101 Å². The van der Waals surface area contributed by atoms with Crippen molar-refractivity contribution in [3.63, 3.8) is 0 Å². The van der Waals surface area contributed by atoms with Crippen LogP contribution in [0.4, 0.5) is 0 Å². The molecule has 0 N–H and O–H groups in total. The fourth-order valence-electron chi connectivity index (χ4n) is 6.26. The van der Waals surface area contributed by atoms with Crippen molar-refractivity contribution < 1.29 is 21.7 Å². The van der Waals surface area contributed by atoms with Gasteiger partial charge in [0.2, 0.25) is 0 Å². The molecule has 0 bridgehead atoms. The van der Waals surface area contributed by atoms with Crippen LogP contribution in [0.3, 0.4) is 0 Å². The number of hydrogen-bond donors (Lipinski definition) is 0.